The van der Waals surface area contributed by atoms with Crippen molar-refractivity contribution in [2.75, 3.05) is 26.2 Å². The summed E-state index contributed by atoms with van der Waals surface area (Å²) in [6.07, 6.45) is 4.84. The SMILES string of the molecule is O=C(c1nsc2cc(C3CC3)ccc12)N1CCN2CCC1CC2.O=CO. The average Bonchev–Trinajstić information content (AvgIpc) is 3.47. The molecule has 6 nitrogen and oxygen atoms in total. The van der Waals surface area contributed by atoms with Crippen LogP contribution in [0.2, 0.25) is 0 Å². The number of carboxylic acid groups (broad SMARTS) is 1. The van der Waals surface area contributed by atoms with Crippen LogP contribution in [0.3, 0.4) is 0 Å². The molecule has 4 heterocycles. The average molecular weight is 373 g/mol. The molecule has 1 amide bonds. The highest BCUT2D eigenvalue weighted by atomic mass is 32.1. The molecule has 4 aliphatic rings. The van der Waals surface area contributed by atoms with E-state index in [9.17, 15) is 4.79 Å². The Morgan fingerprint density at radius 1 is 1.15 bits per heavy atom. The number of carbonyl (C=O) groups is 2. The van der Waals surface area contributed by atoms with Crippen molar-refractivity contribution in [2.45, 2.75) is 37.6 Å². The van der Waals surface area contributed by atoms with Gasteiger partial charge in [-0.2, -0.15) is 4.37 Å². The van der Waals surface area contributed by atoms with Crippen LogP contribution in [0, 0.1) is 0 Å². The summed E-state index contributed by atoms with van der Waals surface area (Å²) < 4.78 is 5.71. The van der Waals surface area contributed by atoms with E-state index in [1.807, 2.05) is 0 Å². The maximum absolute atomic E-state index is 13.1. The molecule has 1 saturated carbocycles. The molecule has 2 aromatic rings. The van der Waals surface area contributed by atoms with E-state index < -0.39 is 0 Å². The van der Waals surface area contributed by atoms with Crippen molar-refractivity contribution in [1.29, 1.82) is 0 Å². The molecule has 0 radical (unpaired) electrons. The molecule has 138 valence electrons. The summed E-state index contributed by atoms with van der Waals surface area (Å²) in [5.74, 6) is 0.889. The van der Waals surface area contributed by atoms with Gasteiger partial charge in [0, 0.05) is 37.6 Å². The lowest BCUT2D eigenvalue weighted by Gasteiger charge is -2.31. The van der Waals surface area contributed by atoms with Gasteiger partial charge in [0.15, 0.2) is 0 Å². The minimum atomic E-state index is -0.250. The molecule has 1 aliphatic carbocycles. The zero-order valence-corrected chi connectivity index (χ0v) is 15.5. The van der Waals surface area contributed by atoms with Crippen LogP contribution in [0.25, 0.3) is 10.1 Å². The molecule has 1 aromatic heterocycles. The molecule has 26 heavy (non-hydrogen) atoms. The van der Waals surface area contributed by atoms with Gasteiger partial charge < -0.3 is 14.9 Å². The van der Waals surface area contributed by atoms with E-state index >= 15 is 0 Å². The Morgan fingerprint density at radius 2 is 1.88 bits per heavy atom. The van der Waals surface area contributed by atoms with E-state index in [1.165, 1.54) is 34.6 Å². The maximum atomic E-state index is 13.1. The Bertz CT molecular complexity index is 809. The first-order valence-electron chi connectivity index (χ1n) is 9.21. The molecule has 1 aromatic carbocycles. The molecule has 4 fully saturated rings. The molecule has 6 rings (SSSR count). The number of benzene rings is 1. The summed E-state index contributed by atoms with van der Waals surface area (Å²) in [6.45, 7) is 3.88. The Balaban J connectivity index is 0.000000527. The number of rotatable bonds is 2. The summed E-state index contributed by atoms with van der Waals surface area (Å²) >= 11 is 1.48. The van der Waals surface area contributed by atoms with Gasteiger partial charge >= 0.3 is 0 Å². The van der Waals surface area contributed by atoms with Crippen molar-refractivity contribution >= 4 is 34.0 Å². The Labute approximate surface area is 156 Å². The summed E-state index contributed by atoms with van der Waals surface area (Å²) in [5.41, 5.74) is 2.09. The molecule has 3 saturated heterocycles. The zero-order valence-electron chi connectivity index (χ0n) is 14.6. The minimum absolute atomic E-state index is 0.143. The minimum Gasteiger partial charge on any atom is -0.483 e. The number of aromatic nitrogens is 1. The second kappa shape index (κ2) is 7.32. The summed E-state index contributed by atoms with van der Waals surface area (Å²) in [6, 6.07) is 6.98. The number of hydrogen-bond donors (Lipinski definition) is 1. The van der Waals surface area contributed by atoms with Crippen LogP contribution in [0.4, 0.5) is 0 Å². The first kappa shape index (κ1) is 17.4. The van der Waals surface area contributed by atoms with E-state index in [4.69, 9.17) is 9.90 Å². The summed E-state index contributed by atoms with van der Waals surface area (Å²) in [7, 11) is 0. The molecule has 1 N–H and O–H groups in total. The fraction of sp³-hybridized carbons (Fsp3) is 0.526. The molecule has 0 unspecified atom stereocenters. The van der Waals surface area contributed by atoms with Gasteiger partial charge in [0.25, 0.3) is 12.4 Å². The van der Waals surface area contributed by atoms with Gasteiger partial charge in [-0.3, -0.25) is 9.59 Å². The molecule has 2 bridgehead atoms. The van der Waals surface area contributed by atoms with E-state index in [0.29, 0.717) is 11.7 Å². The largest absolute Gasteiger partial charge is 0.483 e. The van der Waals surface area contributed by atoms with E-state index in [1.54, 1.807) is 0 Å². The first-order chi connectivity index (χ1) is 12.7. The fourth-order valence-corrected chi connectivity index (χ4v) is 4.89. The van der Waals surface area contributed by atoms with Crippen LogP contribution < -0.4 is 0 Å². The number of nitrogens with zero attached hydrogens (tertiary/aromatic N) is 3. The second-order valence-electron chi connectivity index (χ2n) is 7.24. The van der Waals surface area contributed by atoms with Gasteiger partial charge in [-0.05, 0) is 54.8 Å². The number of carbonyl (C=O) groups excluding carboxylic acids is 1. The number of fused-ring (bicyclic) bond motifs is 5. The van der Waals surface area contributed by atoms with Crippen molar-refractivity contribution in [1.82, 2.24) is 14.2 Å². The zero-order chi connectivity index (χ0) is 18.1. The predicted molar refractivity (Wildman–Crippen MR) is 101 cm³/mol. The van der Waals surface area contributed by atoms with Crippen LogP contribution >= 0.6 is 11.5 Å². The monoisotopic (exact) mass is 373 g/mol. The highest BCUT2D eigenvalue weighted by Gasteiger charge is 2.34. The second-order valence-corrected chi connectivity index (χ2v) is 8.04. The molecule has 0 atom stereocenters. The predicted octanol–water partition coefficient (Wildman–Crippen LogP) is 2.79. The Hall–Kier alpha value is -1.99. The molecule has 0 spiro atoms. The summed E-state index contributed by atoms with van der Waals surface area (Å²) in [5, 5.41) is 7.93. The van der Waals surface area contributed by atoms with Gasteiger partial charge in [-0.25, -0.2) is 0 Å². The smallest absolute Gasteiger partial charge is 0.290 e. The van der Waals surface area contributed by atoms with E-state index in [2.05, 4.69) is 32.4 Å². The van der Waals surface area contributed by atoms with Crippen molar-refractivity contribution in [3.8, 4) is 0 Å². The lowest BCUT2D eigenvalue weighted by Crippen LogP contribution is -2.41. The van der Waals surface area contributed by atoms with Crippen LogP contribution in [0.1, 0.15) is 47.7 Å². The molecule has 3 aliphatic heterocycles. The van der Waals surface area contributed by atoms with Gasteiger partial charge in [-0.15, -0.1) is 0 Å². The van der Waals surface area contributed by atoms with Crippen LogP contribution in [0.15, 0.2) is 18.2 Å². The van der Waals surface area contributed by atoms with Crippen LogP contribution in [0.5, 0.6) is 0 Å². The van der Waals surface area contributed by atoms with Crippen LogP contribution in [-0.4, -0.2) is 63.9 Å². The van der Waals surface area contributed by atoms with Crippen molar-refractivity contribution in [3.63, 3.8) is 0 Å². The van der Waals surface area contributed by atoms with Gasteiger partial charge in [0.05, 0.1) is 4.70 Å². The Morgan fingerprint density at radius 3 is 2.58 bits per heavy atom. The lowest BCUT2D eigenvalue weighted by molar-refractivity contribution is -0.122. The topological polar surface area (TPSA) is 73.7 Å². The standard InChI is InChI=1S/C18H21N3OS.CH2O2/c22-18(21-10-9-20-7-5-14(21)6-8-20)17-15-4-3-13(12-1-2-12)11-16(15)23-19-17;2-1-3/h3-4,11-12,14H,1-2,5-10H2;1H,(H,2,3). The molecular weight excluding hydrogens is 350 g/mol. The lowest BCUT2D eigenvalue weighted by atomic mass is 10.0. The van der Waals surface area contributed by atoms with Gasteiger partial charge in [-0.1, -0.05) is 12.1 Å². The third kappa shape index (κ3) is 3.33. The third-order valence-electron chi connectivity index (χ3n) is 5.66. The van der Waals surface area contributed by atoms with Crippen molar-refractivity contribution in [3.05, 3.63) is 29.5 Å². The quantitative estimate of drug-likeness (QED) is 0.820. The van der Waals surface area contributed by atoms with E-state index in [0.717, 1.165) is 50.3 Å². The first-order valence-corrected chi connectivity index (χ1v) is 9.99. The normalized spacial score (nSPS) is 24.7. The van der Waals surface area contributed by atoms with Crippen molar-refractivity contribution in [2.24, 2.45) is 0 Å². The Kier molecular flexibility index (Phi) is 4.91. The van der Waals surface area contributed by atoms with Gasteiger partial charge in [0.1, 0.15) is 5.69 Å². The fourth-order valence-electron chi connectivity index (χ4n) is 4.07. The van der Waals surface area contributed by atoms with Crippen LogP contribution in [-0.2, 0) is 4.79 Å². The highest BCUT2D eigenvalue weighted by Crippen LogP contribution is 2.41. The van der Waals surface area contributed by atoms with Crippen molar-refractivity contribution < 1.29 is 14.7 Å². The number of piperidine rings is 1. The molecule has 7 heteroatoms. The van der Waals surface area contributed by atoms with Gasteiger partial charge in [0.2, 0.25) is 0 Å². The van der Waals surface area contributed by atoms with E-state index in [-0.39, 0.29) is 12.4 Å². The number of hydrogen-bond acceptors (Lipinski definition) is 5. The third-order valence-corrected chi connectivity index (χ3v) is 6.47. The number of amides is 1. The maximum Gasteiger partial charge on any atom is 0.290 e. The highest BCUT2D eigenvalue weighted by molar-refractivity contribution is 7.13. The summed E-state index contributed by atoms with van der Waals surface area (Å²) in [4.78, 5) is 26.0. The molecular formula is C19H23N3O3S.